The van der Waals surface area contributed by atoms with Crippen LogP contribution < -0.4 is 10.7 Å². The van der Waals surface area contributed by atoms with Crippen molar-refractivity contribution in [3.05, 3.63) is 53.2 Å². The van der Waals surface area contributed by atoms with E-state index in [9.17, 15) is 0 Å². The highest BCUT2D eigenvalue weighted by Gasteiger charge is 2.21. The largest absolute Gasteiger partial charge is 0.362 e. The number of H-pyrrole nitrogens is 1. The molecular weight excluding hydrogens is 408 g/mol. The summed E-state index contributed by atoms with van der Waals surface area (Å²) in [4.78, 5) is 20.4. The molecule has 1 atom stereocenters. The lowest BCUT2D eigenvalue weighted by Crippen LogP contribution is -2.36. The molecule has 4 rings (SSSR count). The molecule has 5 N–H and O–H groups in total. The number of anilines is 1. The Morgan fingerprint density at radius 1 is 1.31 bits per heavy atom. The van der Waals surface area contributed by atoms with Gasteiger partial charge in [-0.25, -0.2) is 19.9 Å². The van der Waals surface area contributed by atoms with E-state index in [-0.39, 0.29) is 11.1 Å². The number of rotatable bonds is 4. The van der Waals surface area contributed by atoms with Crippen molar-refractivity contribution >= 4 is 61.3 Å². The molecule has 0 saturated heterocycles. The summed E-state index contributed by atoms with van der Waals surface area (Å²) in [7, 11) is 0. The Bertz CT molecular complexity index is 1250. The van der Waals surface area contributed by atoms with Crippen molar-refractivity contribution in [3.63, 3.8) is 0 Å². The second-order valence-electron chi connectivity index (χ2n) is 6.47. The second-order valence-corrected chi connectivity index (χ2v) is 8.13. The summed E-state index contributed by atoms with van der Waals surface area (Å²) in [6, 6.07) is 7.40. The topological polar surface area (TPSA) is 129 Å². The maximum Gasteiger partial charge on any atom is 0.210 e. The molecule has 0 spiro atoms. The molecule has 10 heteroatoms. The molecule has 0 amide bonds. The number of pyridine rings is 1. The van der Waals surface area contributed by atoms with Crippen LogP contribution in [0.25, 0.3) is 22.1 Å². The lowest BCUT2D eigenvalue weighted by molar-refractivity contribution is -0.109. The van der Waals surface area contributed by atoms with E-state index in [0.717, 1.165) is 10.9 Å². The summed E-state index contributed by atoms with van der Waals surface area (Å²) in [5, 5.41) is 20.0. The van der Waals surface area contributed by atoms with Crippen LogP contribution in [0.5, 0.6) is 0 Å². The summed E-state index contributed by atoms with van der Waals surface area (Å²) in [5.41, 5.74) is 3.31. The molecule has 0 saturated carbocycles. The van der Waals surface area contributed by atoms with E-state index in [1.54, 1.807) is 19.3 Å². The molecule has 3 heterocycles. The first kappa shape index (κ1) is 19.3. The predicted molar refractivity (Wildman–Crippen MR) is 118 cm³/mol. The van der Waals surface area contributed by atoms with Gasteiger partial charge in [0.25, 0.3) is 0 Å². The maximum absolute atomic E-state index is 8.51. The van der Waals surface area contributed by atoms with Crippen LogP contribution in [0.15, 0.2) is 36.9 Å². The van der Waals surface area contributed by atoms with Crippen molar-refractivity contribution in [2.75, 3.05) is 5.32 Å². The quantitative estimate of drug-likeness (QED) is 0.294. The van der Waals surface area contributed by atoms with Gasteiger partial charge in [0.2, 0.25) is 5.04 Å². The number of aromatic amines is 1. The molecule has 29 heavy (non-hydrogen) atoms. The number of nitrogens with two attached hydrogens (primary N) is 1. The highest BCUT2D eigenvalue weighted by atomic mass is 35.5. The third-order valence-electron chi connectivity index (χ3n) is 4.35. The number of fused-ring (bicyclic) bond motifs is 2. The minimum Gasteiger partial charge on any atom is -0.362 e. The zero-order valence-corrected chi connectivity index (χ0v) is 17.3. The number of hydrogen-bond donors (Lipinski definition) is 4. The summed E-state index contributed by atoms with van der Waals surface area (Å²) in [6.45, 7) is 3.74. The van der Waals surface area contributed by atoms with Crippen LogP contribution in [0.1, 0.15) is 31.1 Å². The Hall–Kier alpha value is -3.04. The van der Waals surface area contributed by atoms with Gasteiger partial charge < -0.3 is 10.3 Å². The molecule has 0 aliphatic heterocycles. The Morgan fingerprint density at radius 3 is 2.93 bits per heavy atom. The van der Waals surface area contributed by atoms with E-state index in [4.69, 9.17) is 27.4 Å². The van der Waals surface area contributed by atoms with Gasteiger partial charge in [-0.15, -0.1) is 0 Å². The number of halogens is 1. The summed E-state index contributed by atoms with van der Waals surface area (Å²) in [5.74, 6) is 0.623. The standard InChI is InChI=1S/C19H17ClN8S/c1-9(27-19-16-18(24-7-23-16)25-8-26-19)12-6-11-4-3-5-13(20)14(11)28-15(12)17(22)29-10(2)21/h3-9,21-22H,1-2H3,(H2,23,24,25,26,27)/p+1/t9-/m0/s1. The van der Waals surface area contributed by atoms with Crippen LogP contribution in [-0.2, 0) is 0 Å². The number of hydrogen-bond acceptors (Lipinski definition) is 7. The average Bonchev–Trinajstić information content (AvgIpc) is 3.16. The van der Waals surface area contributed by atoms with Gasteiger partial charge in [-0.3, -0.25) is 10.8 Å². The number of para-hydroxylation sites is 1. The molecule has 0 aliphatic rings. The third-order valence-corrected chi connectivity index (χ3v) is 5.37. The van der Waals surface area contributed by atoms with Gasteiger partial charge in [0.05, 0.1) is 22.9 Å². The van der Waals surface area contributed by atoms with Crippen molar-refractivity contribution in [2.24, 2.45) is 0 Å². The first-order chi connectivity index (χ1) is 13.9. The number of imidazole rings is 1. The number of aromatic nitrogens is 5. The Morgan fingerprint density at radius 2 is 2.14 bits per heavy atom. The molecule has 0 radical (unpaired) electrons. The molecular formula is C19H18ClN8S+. The van der Waals surface area contributed by atoms with Crippen molar-refractivity contribution in [1.82, 2.24) is 24.9 Å². The zero-order chi connectivity index (χ0) is 20.5. The lowest BCUT2D eigenvalue weighted by atomic mass is 10.0. The van der Waals surface area contributed by atoms with Crippen molar-refractivity contribution in [2.45, 2.75) is 19.9 Å². The monoisotopic (exact) mass is 425 g/mol. The minimum atomic E-state index is -0.207. The molecule has 8 nitrogen and oxygen atoms in total. The molecule has 0 aliphatic carbocycles. The van der Waals surface area contributed by atoms with Gasteiger partial charge in [0, 0.05) is 17.9 Å². The highest BCUT2D eigenvalue weighted by Crippen LogP contribution is 2.30. The van der Waals surface area contributed by atoms with Crippen LogP contribution in [0.4, 0.5) is 5.82 Å². The van der Waals surface area contributed by atoms with Crippen LogP contribution in [0.2, 0.25) is 5.02 Å². The van der Waals surface area contributed by atoms with E-state index in [1.807, 2.05) is 25.1 Å². The molecule has 0 fully saturated rings. The Balaban J connectivity index is 1.81. The van der Waals surface area contributed by atoms with E-state index < -0.39 is 0 Å². The highest BCUT2D eigenvalue weighted by molar-refractivity contribution is 8.26. The first-order valence-corrected chi connectivity index (χ1v) is 9.99. The van der Waals surface area contributed by atoms with E-state index >= 15 is 0 Å². The number of nitrogens with zero attached hydrogens (tertiary/aromatic N) is 4. The van der Waals surface area contributed by atoms with Crippen LogP contribution in [0, 0.1) is 5.41 Å². The molecule has 1 aromatic carbocycles. The normalized spacial score (nSPS) is 12.2. The van der Waals surface area contributed by atoms with E-state index in [1.165, 1.54) is 18.1 Å². The fraction of sp³-hybridized carbons (Fsp3) is 0.158. The average molecular weight is 426 g/mol. The zero-order valence-electron chi connectivity index (χ0n) is 15.7. The van der Waals surface area contributed by atoms with Gasteiger partial charge in [0.15, 0.2) is 11.5 Å². The molecule has 4 aromatic rings. The van der Waals surface area contributed by atoms with Gasteiger partial charge >= 0.3 is 0 Å². The summed E-state index contributed by atoms with van der Waals surface area (Å²) < 4.78 is 0. The number of benzene rings is 1. The van der Waals surface area contributed by atoms with E-state index in [2.05, 4.69) is 25.3 Å². The third kappa shape index (κ3) is 3.79. The first-order valence-electron chi connectivity index (χ1n) is 8.79. The van der Waals surface area contributed by atoms with Crippen LogP contribution >= 0.6 is 23.4 Å². The van der Waals surface area contributed by atoms with E-state index in [0.29, 0.717) is 38.3 Å². The Kier molecular flexibility index (Phi) is 5.16. The van der Waals surface area contributed by atoms with Crippen molar-refractivity contribution < 1.29 is 5.41 Å². The van der Waals surface area contributed by atoms with Gasteiger partial charge in [-0.1, -0.05) is 23.7 Å². The number of nitrogens with one attached hydrogen (secondary N) is 3. The van der Waals surface area contributed by atoms with Crippen LogP contribution in [0.3, 0.4) is 0 Å². The summed E-state index contributed by atoms with van der Waals surface area (Å²) in [6.07, 6.45) is 3.04. The Labute approximate surface area is 175 Å². The lowest BCUT2D eigenvalue weighted by Gasteiger charge is -2.19. The van der Waals surface area contributed by atoms with Crippen LogP contribution in [-0.4, -0.2) is 35.0 Å². The van der Waals surface area contributed by atoms with Gasteiger partial charge in [-0.05, 0) is 30.8 Å². The molecule has 146 valence electrons. The molecule has 3 aromatic heterocycles. The SMILES string of the molecule is CC(=[NH2+])SC(=N)c1nc2c(Cl)cccc2cc1[C@H](C)Nc1ncnc2nc[nH]c12. The van der Waals surface area contributed by atoms with Gasteiger partial charge in [-0.2, -0.15) is 0 Å². The fourth-order valence-corrected chi connectivity index (χ4v) is 3.86. The second kappa shape index (κ2) is 7.76. The number of thioether (sulfide) groups is 1. The molecule has 0 unspecified atom stereocenters. The minimum absolute atomic E-state index is 0.207. The van der Waals surface area contributed by atoms with Gasteiger partial charge in [0.1, 0.15) is 22.6 Å². The van der Waals surface area contributed by atoms with Crippen molar-refractivity contribution in [1.29, 1.82) is 5.41 Å². The van der Waals surface area contributed by atoms with Crippen molar-refractivity contribution in [3.8, 4) is 0 Å². The predicted octanol–water partition coefficient (Wildman–Crippen LogP) is 2.96. The fourth-order valence-electron chi connectivity index (χ4n) is 3.06. The smallest absolute Gasteiger partial charge is 0.210 e. The summed E-state index contributed by atoms with van der Waals surface area (Å²) >= 11 is 7.51. The molecule has 0 bridgehead atoms. The maximum atomic E-state index is 8.51.